The van der Waals surface area contributed by atoms with Crippen molar-refractivity contribution in [2.24, 2.45) is 0 Å². The molecule has 1 N–H and O–H groups in total. The molecule has 0 bridgehead atoms. The summed E-state index contributed by atoms with van der Waals surface area (Å²) in [4.78, 5) is 12.4. The number of carbonyl (C=O) groups excluding carboxylic acids is 1. The van der Waals surface area contributed by atoms with Crippen molar-refractivity contribution in [3.63, 3.8) is 0 Å². The first kappa shape index (κ1) is 17.5. The maximum Gasteiger partial charge on any atom is 0.494 e. The fraction of sp³-hybridized carbons (Fsp3) is 0.611. The van der Waals surface area contributed by atoms with Crippen molar-refractivity contribution in [1.82, 2.24) is 5.32 Å². The van der Waals surface area contributed by atoms with Crippen LogP contribution in [0.3, 0.4) is 0 Å². The van der Waals surface area contributed by atoms with Crippen molar-refractivity contribution in [3.05, 3.63) is 29.8 Å². The van der Waals surface area contributed by atoms with Crippen LogP contribution in [-0.4, -0.2) is 43.5 Å². The molecule has 1 atom stereocenters. The molecule has 1 aromatic carbocycles. The Morgan fingerprint density at radius 3 is 2.58 bits per heavy atom. The second-order valence-corrected chi connectivity index (χ2v) is 7.56. The van der Waals surface area contributed by atoms with Crippen LogP contribution in [0.5, 0.6) is 0 Å². The van der Waals surface area contributed by atoms with Gasteiger partial charge in [0.25, 0.3) is 5.91 Å². The summed E-state index contributed by atoms with van der Waals surface area (Å²) in [5.41, 5.74) is 0.685. The van der Waals surface area contributed by atoms with Gasteiger partial charge in [-0.3, -0.25) is 4.79 Å². The number of amides is 1. The number of nitrogens with one attached hydrogen (secondary N) is 1. The lowest BCUT2D eigenvalue weighted by atomic mass is 9.78. The molecule has 24 heavy (non-hydrogen) atoms. The van der Waals surface area contributed by atoms with Crippen LogP contribution in [0.1, 0.15) is 50.9 Å². The summed E-state index contributed by atoms with van der Waals surface area (Å²) in [5, 5.41) is 2.95. The summed E-state index contributed by atoms with van der Waals surface area (Å²) in [5.74, 6) is -0.0936. The Morgan fingerprint density at radius 2 is 1.96 bits per heavy atom. The number of benzene rings is 1. The summed E-state index contributed by atoms with van der Waals surface area (Å²) in [6, 6.07) is 7.44. The largest absolute Gasteiger partial charge is 0.494 e. The fourth-order valence-corrected chi connectivity index (χ4v) is 2.92. The van der Waals surface area contributed by atoms with Gasteiger partial charge >= 0.3 is 7.12 Å². The minimum atomic E-state index is -0.457. The normalized spacial score (nSPS) is 25.0. The fourth-order valence-electron chi connectivity index (χ4n) is 2.92. The number of carbonyl (C=O) groups is 1. The van der Waals surface area contributed by atoms with E-state index in [1.54, 1.807) is 6.07 Å². The van der Waals surface area contributed by atoms with Gasteiger partial charge in [-0.1, -0.05) is 12.1 Å². The highest BCUT2D eigenvalue weighted by Crippen LogP contribution is 2.36. The third-order valence-corrected chi connectivity index (χ3v) is 5.19. The van der Waals surface area contributed by atoms with Crippen LogP contribution in [0.4, 0.5) is 0 Å². The summed E-state index contributed by atoms with van der Waals surface area (Å²) in [6.45, 7) is 9.42. The van der Waals surface area contributed by atoms with Crippen LogP contribution in [-0.2, 0) is 14.0 Å². The van der Waals surface area contributed by atoms with Crippen LogP contribution in [0.2, 0.25) is 0 Å². The minimum Gasteiger partial charge on any atom is -0.399 e. The average molecular weight is 331 g/mol. The molecule has 0 unspecified atom stereocenters. The number of hydrogen-bond acceptors (Lipinski definition) is 4. The monoisotopic (exact) mass is 331 g/mol. The molecule has 1 amide bonds. The lowest BCUT2D eigenvalue weighted by Gasteiger charge is -2.32. The molecule has 6 heteroatoms. The Labute approximate surface area is 144 Å². The Balaban J connectivity index is 1.67. The van der Waals surface area contributed by atoms with Crippen LogP contribution in [0.15, 0.2) is 24.3 Å². The van der Waals surface area contributed by atoms with E-state index in [-0.39, 0.29) is 12.0 Å². The summed E-state index contributed by atoms with van der Waals surface area (Å²) in [6.07, 6.45) is 2.21. The van der Waals surface area contributed by atoms with Gasteiger partial charge in [-0.2, -0.15) is 0 Å². The molecule has 0 saturated carbocycles. The van der Waals surface area contributed by atoms with Crippen molar-refractivity contribution < 1.29 is 18.8 Å². The highest BCUT2D eigenvalue weighted by molar-refractivity contribution is 6.62. The van der Waals surface area contributed by atoms with E-state index in [2.05, 4.69) is 5.32 Å². The molecule has 0 radical (unpaired) electrons. The first-order valence-corrected chi connectivity index (χ1v) is 8.64. The van der Waals surface area contributed by atoms with E-state index in [4.69, 9.17) is 14.0 Å². The predicted molar refractivity (Wildman–Crippen MR) is 93.5 cm³/mol. The SMILES string of the molecule is CC1(C)OB(c2cccc(C(=O)NC[C@H]3CCCO3)c2)OC1(C)C. The maximum atomic E-state index is 12.4. The third kappa shape index (κ3) is 3.51. The molecule has 2 fully saturated rings. The van der Waals surface area contributed by atoms with Crippen LogP contribution >= 0.6 is 0 Å². The first-order chi connectivity index (χ1) is 11.3. The van der Waals surface area contributed by atoms with E-state index < -0.39 is 18.3 Å². The Morgan fingerprint density at radius 1 is 1.25 bits per heavy atom. The van der Waals surface area contributed by atoms with Crippen molar-refractivity contribution in [3.8, 4) is 0 Å². The number of rotatable bonds is 4. The second-order valence-electron chi connectivity index (χ2n) is 7.56. The van der Waals surface area contributed by atoms with Gasteiger partial charge in [0.1, 0.15) is 0 Å². The summed E-state index contributed by atoms with van der Waals surface area (Å²) in [7, 11) is -0.457. The number of ether oxygens (including phenoxy) is 1. The predicted octanol–water partition coefficient (Wildman–Crippen LogP) is 1.89. The highest BCUT2D eigenvalue weighted by atomic mass is 16.7. The molecule has 2 aliphatic rings. The van der Waals surface area contributed by atoms with E-state index in [1.165, 1.54) is 0 Å². The smallest absolute Gasteiger partial charge is 0.399 e. The zero-order valence-corrected chi connectivity index (χ0v) is 14.9. The van der Waals surface area contributed by atoms with Gasteiger partial charge in [0, 0.05) is 18.7 Å². The maximum absolute atomic E-state index is 12.4. The first-order valence-electron chi connectivity index (χ1n) is 8.64. The molecular weight excluding hydrogens is 305 g/mol. The molecule has 2 saturated heterocycles. The molecule has 2 heterocycles. The molecule has 0 aromatic heterocycles. The molecule has 3 rings (SSSR count). The summed E-state index contributed by atoms with van der Waals surface area (Å²) >= 11 is 0. The van der Waals surface area contributed by atoms with Gasteiger partial charge in [0.2, 0.25) is 0 Å². The van der Waals surface area contributed by atoms with E-state index >= 15 is 0 Å². The van der Waals surface area contributed by atoms with Crippen molar-refractivity contribution in [1.29, 1.82) is 0 Å². The third-order valence-electron chi connectivity index (χ3n) is 5.19. The molecule has 130 valence electrons. The molecule has 1 aromatic rings. The molecule has 5 nitrogen and oxygen atoms in total. The molecule has 0 aliphatic carbocycles. The van der Waals surface area contributed by atoms with Crippen molar-refractivity contribution >= 4 is 18.5 Å². The number of hydrogen-bond donors (Lipinski definition) is 1. The van der Waals surface area contributed by atoms with E-state index in [0.717, 1.165) is 24.9 Å². The highest BCUT2D eigenvalue weighted by Gasteiger charge is 2.51. The van der Waals surface area contributed by atoms with E-state index in [9.17, 15) is 4.79 Å². The van der Waals surface area contributed by atoms with Gasteiger partial charge in [-0.25, -0.2) is 0 Å². The average Bonchev–Trinajstić information content (AvgIpc) is 3.11. The van der Waals surface area contributed by atoms with E-state index in [0.29, 0.717) is 12.1 Å². The van der Waals surface area contributed by atoms with Gasteiger partial charge in [0.15, 0.2) is 0 Å². The summed E-state index contributed by atoms with van der Waals surface area (Å²) < 4.78 is 17.6. The van der Waals surface area contributed by atoms with Crippen LogP contribution in [0.25, 0.3) is 0 Å². The van der Waals surface area contributed by atoms with Crippen LogP contribution in [0, 0.1) is 0 Å². The quantitative estimate of drug-likeness (QED) is 0.856. The van der Waals surface area contributed by atoms with Gasteiger partial charge in [-0.15, -0.1) is 0 Å². The van der Waals surface area contributed by atoms with Gasteiger partial charge in [0.05, 0.1) is 17.3 Å². The zero-order valence-electron chi connectivity index (χ0n) is 14.9. The van der Waals surface area contributed by atoms with Gasteiger partial charge in [-0.05, 0) is 58.1 Å². The Hall–Kier alpha value is -1.37. The lowest BCUT2D eigenvalue weighted by molar-refractivity contribution is 0.00578. The lowest BCUT2D eigenvalue weighted by Crippen LogP contribution is -2.41. The Kier molecular flexibility index (Phi) is 4.73. The van der Waals surface area contributed by atoms with Crippen molar-refractivity contribution in [2.45, 2.75) is 57.8 Å². The van der Waals surface area contributed by atoms with E-state index in [1.807, 2.05) is 45.9 Å². The standard InChI is InChI=1S/C18H26BNO4/c1-17(2)18(3,4)24-19(23-17)14-8-5-7-13(11-14)16(21)20-12-15-9-6-10-22-15/h5,7-8,11,15H,6,9-10,12H2,1-4H3,(H,20,21)/t15-/m1/s1. The minimum absolute atomic E-state index is 0.0936. The molecule has 2 aliphatic heterocycles. The molecular formula is C18H26BNO4. The van der Waals surface area contributed by atoms with Crippen LogP contribution < -0.4 is 10.8 Å². The van der Waals surface area contributed by atoms with Gasteiger partial charge < -0.3 is 19.4 Å². The topological polar surface area (TPSA) is 56.8 Å². The Bertz CT molecular complexity index is 595. The molecule has 0 spiro atoms. The van der Waals surface area contributed by atoms with Crippen molar-refractivity contribution in [2.75, 3.05) is 13.2 Å². The second kappa shape index (κ2) is 6.50. The zero-order chi connectivity index (χ0) is 17.4.